The van der Waals surface area contributed by atoms with Crippen molar-refractivity contribution in [3.8, 4) is 0 Å². The number of aliphatic carboxylic acids is 1. The largest absolute Gasteiger partial charge is 0.480 e. The third-order valence-corrected chi connectivity index (χ3v) is 5.60. The Labute approximate surface area is 209 Å². The van der Waals surface area contributed by atoms with Crippen LogP contribution in [0.25, 0.3) is 0 Å². The zero-order valence-corrected chi connectivity index (χ0v) is 21.5. The van der Waals surface area contributed by atoms with E-state index in [2.05, 4.69) is 10.8 Å². The fourth-order valence-corrected chi connectivity index (χ4v) is 3.56. The summed E-state index contributed by atoms with van der Waals surface area (Å²) in [5, 5.41) is 11.7. The zero-order chi connectivity index (χ0) is 27.5. The number of carbonyl (C=O) groups excluding carboxylic acids is 3. The fourth-order valence-electron chi connectivity index (χ4n) is 2.99. The molecule has 0 spiro atoms. The zero-order valence-electron chi connectivity index (χ0n) is 20.6. The molecule has 1 aromatic rings. The van der Waals surface area contributed by atoms with Crippen LogP contribution in [0.2, 0.25) is 0 Å². The van der Waals surface area contributed by atoms with Crippen LogP contribution in [0.5, 0.6) is 0 Å². The summed E-state index contributed by atoms with van der Waals surface area (Å²) in [5.74, 6) is -3.32. The number of nitrogens with zero attached hydrogens (tertiary/aromatic N) is 1. The summed E-state index contributed by atoms with van der Waals surface area (Å²) in [7, 11) is -5.25. The van der Waals surface area contributed by atoms with Crippen molar-refractivity contribution in [3.05, 3.63) is 35.9 Å². The Morgan fingerprint density at radius 2 is 1.53 bits per heavy atom. The second-order valence-electron chi connectivity index (χ2n) is 8.91. The van der Waals surface area contributed by atoms with Gasteiger partial charge in [0, 0.05) is 0 Å². The summed E-state index contributed by atoms with van der Waals surface area (Å²) >= 11 is 0. The van der Waals surface area contributed by atoms with E-state index in [0.29, 0.717) is 5.56 Å². The van der Waals surface area contributed by atoms with Gasteiger partial charge >= 0.3 is 25.8 Å². The number of carbonyl (C=O) groups is 4. The first-order chi connectivity index (χ1) is 16.7. The molecule has 0 fully saturated rings. The van der Waals surface area contributed by atoms with Crippen LogP contribution in [-0.4, -0.2) is 62.1 Å². The molecular weight excluding hydrogens is 497 g/mol. The average Bonchev–Trinajstić information content (AvgIpc) is 2.77. The van der Waals surface area contributed by atoms with Gasteiger partial charge in [-0.2, -0.15) is 0 Å². The van der Waals surface area contributed by atoms with Crippen LogP contribution in [0.3, 0.4) is 0 Å². The molecule has 36 heavy (non-hydrogen) atoms. The third kappa shape index (κ3) is 11.6. The van der Waals surface area contributed by atoms with Crippen LogP contribution in [0.4, 0.5) is 4.79 Å². The Hall–Kier alpha value is -2.99. The van der Waals surface area contributed by atoms with Gasteiger partial charge in [-0.1, -0.05) is 58.0 Å². The highest BCUT2D eigenvalue weighted by atomic mass is 31.2. The molecule has 0 aliphatic heterocycles. The number of hydroxylamine groups is 1. The van der Waals surface area contributed by atoms with Crippen molar-refractivity contribution >= 4 is 31.7 Å². The van der Waals surface area contributed by atoms with Gasteiger partial charge in [0.25, 0.3) is 0 Å². The molecule has 0 bridgehead atoms. The molecule has 13 nitrogen and oxygen atoms in total. The summed E-state index contributed by atoms with van der Waals surface area (Å²) in [5.41, 5.74) is 2.77. The lowest BCUT2D eigenvalue weighted by Gasteiger charge is -2.24. The van der Waals surface area contributed by atoms with Crippen LogP contribution >= 0.6 is 7.75 Å². The SMILES string of the molecule is CC(C)C[C@H](NC(=O)[C@H](CC(C)C)NOC(=O)CN(C(=O)OCc1ccccc1)P(=O)(O)O)C(=O)O. The minimum atomic E-state index is -5.25. The summed E-state index contributed by atoms with van der Waals surface area (Å²) in [6.07, 6.45) is -1.12. The molecule has 0 radical (unpaired) electrons. The minimum Gasteiger partial charge on any atom is -0.480 e. The van der Waals surface area contributed by atoms with E-state index in [1.165, 1.54) is 0 Å². The molecule has 0 aliphatic rings. The van der Waals surface area contributed by atoms with Gasteiger partial charge in [-0.05, 0) is 30.2 Å². The summed E-state index contributed by atoms with van der Waals surface area (Å²) in [4.78, 5) is 72.4. The highest BCUT2D eigenvalue weighted by Crippen LogP contribution is 2.40. The Balaban J connectivity index is 2.81. The van der Waals surface area contributed by atoms with Crippen molar-refractivity contribution in [1.29, 1.82) is 0 Å². The molecule has 5 N–H and O–H groups in total. The van der Waals surface area contributed by atoms with Gasteiger partial charge < -0.3 is 29.8 Å². The number of carboxylic acid groups (broad SMARTS) is 1. The average molecular weight is 531 g/mol. The molecule has 0 aromatic heterocycles. The van der Waals surface area contributed by atoms with E-state index < -0.39 is 50.3 Å². The molecule has 14 heteroatoms. The lowest BCUT2D eigenvalue weighted by Crippen LogP contribution is -2.51. The first kappa shape index (κ1) is 31.0. The summed E-state index contributed by atoms with van der Waals surface area (Å²) < 4.78 is 16.5. The smallest absolute Gasteiger partial charge is 0.435 e. The van der Waals surface area contributed by atoms with E-state index in [1.54, 1.807) is 58.0 Å². The quantitative estimate of drug-likeness (QED) is 0.174. The van der Waals surface area contributed by atoms with E-state index in [0.717, 1.165) is 0 Å². The Morgan fingerprint density at radius 3 is 2.03 bits per heavy atom. The molecule has 0 unspecified atom stereocenters. The highest BCUT2D eigenvalue weighted by Gasteiger charge is 2.35. The van der Waals surface area contributed by atoms with E-state index in [-0.39, 0.29) is 36.0 Å². The Bertz CT molecular complexity index is 935. The van der Waals surface area contributed by atoms with Crippen molar-refractivity contribution < 1.29 is 48.2 Å². The first-order valence-corrected chi connectivity index (χ1v) is 12.8. The van der Waals surface area contributed by atoms with Crippen LogP contribution in [0.15, 0.2) is 30.3 Å². The second-order valence-corrected chi connectivity index (χ2v) is 10.4. The van der Waals surface area contributed by atoms with Gasteiger partial charge in [0.1, 0.15) is 25.2 Å². The minimum absolute atomic E-state index is 0.0129. The topological polar surface area (TPSA) is 192 Å². The van der Waals surface area contributed by atoms with Crippen LogP contribution in [0.1, 0.15) is 46.1 Å². The van der Waals surface area contributed by atoms with Gasteiger partial charge in [-0.25, -0.2) is 23.6 Å². The maximum Gasteiger partial charge on any atom is 0.435 e. The fraction of sp³-hybridized carbons (Fsp3) is 0.545. The van der Waals surface area contributed by atoms with Crippen molar-refractivity contribution in [2.75, 3.05) is 6.54 Å². The number of amides is 2. The highest BCUT2D eigenvalue weighted by molar-refractivity contribution is 7.49. The van der Waals surface area contributed by atoms with Crippen LogP contribution in [-0.2, 0) is 35.1 Å². The van der Waals surface area contributed by atoms with E-state index in [4.69, 9.17) is 9.57 Å². The van der Waals surface area contributed by atoms with Crippen LogP contribution in [0, 0.1) is 11.8 Å². The number of ether oxygens (including phenoxy) is 1. The monoisotopic (exact) mass is 531 g/mol. The predicted octanol–water partition coefficient (Wildman–Crippen LogP) is 1.80. The van der Waals surface area contributed by atoms with E-state index in [9.17, 15) is 38.6 Å². The Morgan fingerprint density at radius 1 is 0.972 bits per heavy atom. The maximum atomic E-state index is 12.7. The molecular formula is C22H34N3O10P. The van der Waals surface area contributed by atoms with Gasteiger partial charge in [0.05, 0.1) is 0 Å². The normalized spacial score (nSPS) is 13.1. The van der Waals surface area contributed by atoms with Gasteiger partial charge in [-0.15, -0.1) is 5.48 Å². The Kier molecular flexibility index (Phi) is 12.5. The molecule has 2 amide bonds. The van der Waals surface area contributed by atoms with Gasteiger partial charge in [0.2, 0.25) is 5.91 Å². The van der Waals surface area contributed by atoms with Gasteiger partial charge in [-0.3, -0.25) is 4.79 Å². The number of hydrogen-bond donors (Lipinski definition) is 5. The number of rotatable bonds is 14. The third-order valence-electron chi connectivity index (χ3n) is 4.67. The predicted molar refractivity (Wildman–Crippen MR) is 127 cm³/mol. The molecule has 0 heterocycles. The number of carboxylic acids is 1. The number of hydrogen-bond acceptors (Lipinski definition) is 8. The standard InChI is InChI=1S/C22H34N3O10P/c1-14(2)10-17(20(27)23-18(21(28)29)11-15(3)4)24-35-19(26)12-25(36(31,32)33)22(30)34-13-16-8-6-5-7-9-16/h5-9,14-15,17-18,24H,10-13H2,1-4H3,(H,23,27)(H,28,29)(H2,31,32,33)/t17-,18-/m0/s1. The number of nitrogens with one attached hydrogen (secondary N) is 2. The molecule has 0 saturated heterocycles. The van der Waals surface area contributed by atoms with Gasteiger partial charge in [0.15, 0.2) is 0 Å². The molecule has 0 saturated carbocycles. The van der Waals surface area contributed by atoms with Crippen molar-refractivity contribution in [1.82, 2.24) is 15.5 Å². The van der Waals surface area contributed by atoms with E-state index >= 15 is 0 Å². The molecule has 1 aromatic carbocycles. The van der Waals surface area contributed by atoms with E-state index in [1.807, 2.05) is 0 Å². The summed E-state index contributed by atoms with van der Waals surface area (Å²) in [6, 6.07) is 6.03. The van der Waals surface area contributed by atoms with Crippen molar-refractivity contribution in [3.63, 3.8) is 0 Å². The molecule has 202 valence electrons. The van der Waals surface area contributed by atoms with Crippen LogP contribution < -0.4 is 10.8 Å². The van der Waals surface area contributed by atoms with Crippen molar-refractivity contribution in [2.45, 2.75) is 59.2 Å². The molecule has 2 atom stereocenters. The lowest BCUT2D eigenvalue weighted by molar-refractivity contribution is -0.156. The maximum absolute atomic E-state index is 12.7. The first-order valence-electron chi connectivity index (χ1n) is 11.2. The lowest BCUT2D eigenvalue weighted by atomic mass is 10.0. The summed E-state index contributed by atoms with van der Waals surface area (Å²) in [6.45, 7) is 5.69. The molecule has 0 aliphatic carbocycles. The molecule has 1 rings (SSSR count). The number of benzene rings is 1. The van der Waals surface area contributed by atoms with Crippen molar-refractivity contribution in [2.24, 2.45) is 11.8 Å². The second kappa shape index (κ2) is 14.5.